The first-order valence-corrected chi connectivity index (χ1v) is 5.98. The van der Waals surface area contributed by atoms with Crippen LogP contribution in [0, 0.1) is 5.92 Å². The van der Waals surface area contributed by atoms with Gasteiger partial charge in [-0.25, -0.2) is 0 Å². The summed E-state index contributed by atoms with van der Waals surface area (Å²) in [4.78, 5) is 11.3. The van der Waals surface area contributed by atoms with Gasteiger partial charge in [-0.05, 0) is 25.3 Å². The fraction of sp³-hybridized carbons (Fsp3) is 0.615. The summed E-state index contributed by atoms with van der Waals surface area (Å²) in [6.07, 6.45) is 12.6. The molecule has 0 bridgehead atoms. The van der Waals surface area contributed by atoms with Crippen LogP contribution < -0.4 is 5.32 Å². The van der Waals surface area contributed by atoms with E-state index in [9.17, 15) is 4.79 Å². The number of carbonyl (C=O) groups is 1. The second kappa shape index (κ2) is 4.73. The Balaban J connectivity index is 2.21. The number of nitrogens with one attached hydrogen (secondary N) is 1. The summed E-state index contributed by atoms with van der Waals surface area (Å²) < 4.78 is 5.24. The number of ether oxygens (including phenoxy) is 1. The standard InChI is InChI=1S/C13H19NO2/c1-11(15)14-13(7-9-16-10-8-13)12-5-3-2-4-6-12/h3,5,7,9,12H,2,4,6,8,10H2,1H3,(H,14,15)/t12-,13+/m1/s1. The predicted octanol–water partition coefficient (Wildman–Crippen LogP) is 2.15. The molecule has 16 heavy (non-hydrogen) atoms. The van der Waals surface area contributed by atoms with E-state index in [1.807, 2.05) is 6.08 Å². The molecule has 0 saturated carbocycles. The molecule has 2 atom stereocenters. The first kappa shape index (κ1) is 11.2. The summed E-state index contributed by atoms with van der Waals surface area (Å²) >= 11 is 0. The summed E-state index contributed by atoms with van der Waals surface area (Å²) in [7, 11) is 0. The number of carbonyl (C=O) groups excluding carboxylic acids is 1. The van der Waals surface area contributed by atoms with Crippen LogP contribution in [-0.2, 0) is 9.53 Å². The zero-order valence-electron chi connectivity index (χ0n) is 9.74. The molecule has 2 rings (SSSR count). The lowest BCUT2D eigenvalue weighted by Crippen LogP contribution is -2.53. The molecular formula is C13H19NO2. The lowest BCUT2D eigenvalue weighted by Gasteiger charge is -2.40. The number of amides is 1. The van der Waals surface area contributed by atoms with Crippen LogP contribution in [0.3, 0.4) is 0 Å². The van der Waals surface area contributed by atoms with Gasteiger partial charge >= 0.3 is 0 Å². The van der Waals surface area contributed by atoms with E-state index in [1.165, 1.54) is 6.42 Å². The SMILES string of the molecule is CC(=O)N[C@@]1([C@@H]2C=CCCC2)C=COCC1. The fourth-order valence-electron chi connectivity index (χ4n) is 2.62. The Hall–Kier alpha value is -1.25. The Morgan fingerprint density at radius 3 is 3.00 bits per heavy atom. The molecule has 1 aliphatic carbocycles. The van der Waals surface area contributed by atoms with Crippen LogP contribution in [0.4, 0.5) is 0 Å². The smallest absolute Gasteiger partial charge is 0.217 e. The normalized spacial score (nSPS) is 33.2. The number of rotatable bonds is 2. The highest BCUT2D eigenvalue weighted by Gasteiger charge is 2.37. The van der Waals surface area contributed by atoms with Gasteiger partial charge in [-0.15, -0.1) is 0 Å². The molecule has 1 aliphatic heterocycles. The molecular weight excluding hydrogens is 202 g/mol. The number of allylic oxidation sites excluding steroid dienone is 1. The predicted molar refractivity (Wildman–Crippen MR) is 62.7 cm³/mol. The Bertz CT molecular complexity index is 322. The molecule has 0 saturated heterocycles. The minimum Gasteiger partial charge on any atom is -0.501 e. The lowest BCUT2D eigenvalue weighted by atomic mass is 9.75. The monoisotopic (exact) mass is 221 g/mol. The van der Waals surface area contributed by atoms with E-state index < -0.39 is 0 Å². The highest BCUT2D eigenvalue weighted by Crippen LogP contribution is 2.33. The van der Waals surface area contributed by atoms with Gasteiger partial charge in [-0.3, -0.25) is 4.79 Å². The Kier molecular flexibility index (Phi) is 3.32. The van der Waals surface area contributed by atoms with Gasteiger partial charge in [-0.1, -0.05) is 12.2 Å². The summed E-state index contributed by atoms with van der Waals surface area (Å²) in [6.45, 7) is 2.26. The molecule has 2 aliphatic rings. The van der Waals surface area contributed by atoms with Gasteiger partial charge in [0.25, 0.3) is 0 Å². The average Bonchev–Trinajstić information content (AvgIpc) is 2.30. The third kappa shape index (κ3) is 2.29. The van der Waals surface area contributed by atoms with E-state index in [0.29, 0.717) is 12.5 Å². The van der Waals surface area contributed by atoms with E-state index >= 15 is 0 Å². The average molecular weight is 221 g/mol. The van der Waals surface area contributed by atoms with Crippen molar-refractivity contribution in [3.8, 4) is 0 Å². The van der Waals surface area contributed by atoms with Crippen molar-refractivity contribution >= 4 is 5.91 Å². The van der Waals surface area contributed by atoms with Crippen LogP contribution in [0.5, 0.6) is 0 Å². The molecule has 1 heterocycles. The molecule has 3 nitrogen and oxygen atoms in total. The maximum absolute atomic E-state index is 11.3. The van der Waals surface area contributed by atoms with Crippen molar-refractivity contribution in [1.29, 1.82) is 0 Å². The minimum atomic E-state index is -0.221. The number of hydrogen-bond acceptors (Lipinski definition) is 2. The Labute approximate surface area is 96.6 Å². The highest BCUT2D eigenvalue weighted by molar-refractivity contribution is 5.74. The molecule has 3 heteroatoms. The molecule has 88 valence electrons. The first-order chi connectivity index (χ1) is 7.73. The zero-order chi connectivity index (χ0) is 11.4. The Morgan fingerprint density at radius 1 is 1.56 bits per heavy atom. The van der Waals surface area contributed by atoms with Crippen LogP contribution >= 0.6 is 0 Å². The molecule has 0 aromatic carbocycles. The van der Waals surface area contributed by atoms with Crippen molar-refractivity contribution in [2.24, 2.45) is 5.92 Å². The van der Waals surface area contributed by atoms with Crippen LogP contribution in [0.1, 0.15) is 32.6 Å². The van der Waals surface area contributed by atoms with Crippen LogP contribution in [-0.4, -0.2) is 18.1 Å². The van der Waals surface area contributed by atoms with Crippen molar-refractivity contribution in [3.05, 3.63) is 24.5 Å². The van der Waals surface area contributed by atoms with Gasteiger partial charge in [0, 0.05) is 19.3 Å². The van der Waals surface area contributed by atoms with Crippen LogP contribution in [0.25, 0.3) is 0 Å². The van der Waals surface area contributed by atoms with Crippen molar-refractivity contribution in [1.82, 2.24) is 5.32 Å². The van der Waals surface area contributed by atoms with Gasteiger partial charge in [0.1, 0.15) is 0 Å². The van der Waals surface area contributed by atoms with E-state index in [1.54, 1.807) is 13.2 Å². The lowest BCUT2D eigenvalue weighted by molar-refractivity contribution is -0.121. The van der Waals surface area contributed by atoms with E-state index in [0.717, 1.165) is 19.3 Å². The summed E-state index contributed by atoms with van der Waals surface area (Å²) in [5.74, 6) is 0.441. The minimum absolute atomic E-state index is 0.0329. The molecule has 1 amide bonds. The second-order valence-electron chi connectivity index (χ2n) is 4.61. The van der Waals surface area contributed by atoms with E-state index in [2.05, 4.69) is 17.5 Å². The highest BCUT2D eigenvalue weighted by atomic mass is 16.5. The van der Waals surface area contributed by atoms with Gasteiger partial charge in [0.2, 0.25) is 5.91 Å². The summed E-state index contributed by atoms with van der Waals surface area (Å²) in [5.41, 5.74) is -0.221. The Morgan fingerprint density at radius 2 is 2.44 bits per heavy atom. The molecule has 0 aromatic rings. The van der Waals surface area contributed by atoms with Crippen molar-refractivity contribution < 1.29 is 9.53 Å². The third-order valence-corrected chi connectivity index (χ3v) is 3.42. The summed E-state index contributed by atoms with van der Waals surface area (Å²) in [6, 6.07) is 0. The topological polar surface area (TPSA) is 38.3 Å². The van der Waals surface area contributed by atoms with E-state index in [4.69, 9.17) is 4.74 Å². The maximum atomic E-state index is 11.3. The molecule has 0 radical (unpaired) electrons. The van der Waals surface area contributed by atoms with Crippen molar-refractivity contribution in [2.45, 2.75) is 38.1 Å². The largest absolute Gasteiger partial charge is 0.501 e. The first-order valence-electron chi connectivity index (χ1n) is 5.98. The number of hydrogen-bond donors (Lipinski definition) is 1. The molecule has 1 N–H and O–H groups in total. The quantitative estimate of drug-likeness (QED) is 0.726. The zero-order valence-corrected chi connectivity index (χ0v) is 9.74. The fourth-order valence-corrected chi connectivity index (χ4v) is 2.62. The summed E-state index contributed by atoms with van der Waals surface area (Å²) in [5, 5.41) is 3.11. The van der Waals surface area contributed by atoms with Crippen molar-refractivity contribution in [3.63, 3.8) is 0 Å². The van der Waals surface area contributed by atoms with Crippen LogP contribution in [0.2, 0.25) is 0 Å². The second-order valence-corrected chi connectivity index (χ2v) is 4.61. The van der Waals surface area contributed by atoms with Gasteiger partial charge in [0.15, 0.2) is 0 Å². The van der Waals surface area contributed by atoms with Crippen molar-refractivity contribution in [2.75, 3.05) is 6.61 Å². The van der Waals surface area contributed by atoms with E-state index in [-0.39, 0.29) is 11.4 Å². The molecule has 0 unspecified atom stereocenters. The van der Waals surface area contributed by atoms with Crippen LogP contribution in [0.15, 0.2) is 24.5 Å². The maximum Gasteiger partial charge on any atom is 0.217 e. The van der Waals surface area contributed by atoms with Gasteiger partial charge in [0.05, 0.1) is 18.4 Å². The van der Waals surface area contributed by atoms with Gasteiger partial charge in [-0.2, -0.15) is 0 Å². The molecule has 0 fully saturated rings. The molecule has 0 aromatic heterocycles. The van der Waals surface area contributed by atoms with Gasteiger partial charge < -0.3 is 10.1 Å². The third-order valence-electron chi connectivity index (χ3n) is 3.42. The molecule has 0 spiro atoms.